The van der Waals surface area contributed by atoms with Crippen LogP contribution in [0, 0.1) is 13.8 Å². The van der Waals surface area contributed by atoms with Crippen LogP contribution in [0.15, 0.2) is 48.5 Å². The highest BCUT2D eigenvalue weighted by Crippen LogP contribution is 2.18. The number of carbonyl (C=O) groups is 2. The molecule has 2 aromatic carbocycles. The van der Waals surface area contributed by atoms with Crippen molar-refractivity contribution < 1.29 is 9.59 Å². The van der Waals surface area contributed by atoms with Gasteiger partial charge in [-0.15, -0.1) is 0 Å². The molecule has 27 heavy (non-hydrogen) atoms. The lowest BCUT2D eigenvalue weighted by atomic mass is 10.1. The summed E-state index contributed by atoms with van der Waals surface area (Å²) in [5, 5.41) is 2.93. The zero-order valence-corrected chi connectivity index (χ0v) is 16.8. The molecule has 0 fully saturated rings. The van der Waals surface area contributed by atoms with E-state index in [2.05, 4.69) is 5.32 Å². The fraction of sp³-hybridized carbons (Fsp3) is 0.364. The fourth-order valence-electron chi connectivity index (χ4n) is 3.00. The number of benzene rings is 2. The molecule has 0 heterocycles. The first-order valence-corrected chi connectivity index (χ1v) is 9.21. The van der Waals surface area contributed by atoms with Gasteiger partial charge in [0, 0.05) is 17.4 Å². The summed E-state index contributed by atoms with van der Waals surface area (Å²) in [6.45, 7) is 8.29. The number of rotatable bonds is 7. The first-order valence-electron chi connectivity index (χ1n) is 9.21. The van der Waals surface area contributed by atoms with E-state index in [1.54, 1.807) is 16.8 Å². The van der Waals surface area contributed by atoms with E-state index in [0.29, 0.717) is 0 Å². The summed E-state index contributed by atoms with van der Waals surface area (Å²) in [5.74, 6) is -0.159. The summed E-state index contributed by atoms with van der Waals surface area (Å²) in [6, 6.07) is 15.5. The predicted octanol–water partition coefficient (Wildman–Crippen LogP) is 3.62. The van der Waals surface area contributed by atoms with Gasteiger partial charge in [0.2, 0.25) is 11.8 Å². The second-order valence-electron chi connectivity index (χ2n) is 7.16. The maximum atomic E-state index is 12.8. The van der Waals surface area contributed by atoms with Crippen LogP contribution in [0.5, 0.6) is 0 Å². The maximum absolute atomic E-state index is 12.8. The zero-order chi connectivity index (χ0) is 20.0. The molecule has 5 nitrogen and oxygen atoms in total. The summed E-state index contributed by atoms with van der Waals surface area (Å²) in [5.41, 5.74) is 3.87. The van der Waals surface area contributed by atoms with Crippen molar-refractivity contribution in [2.24, 2.45) is 0 Å². The van der Waals surface area contributed by atoms with Gasteiger partial charge in [0.05, 0.1) is 13.1 Å². The third-order valence-electron chi connectivity index (χ3n) is 4.52. The first-order chi connectivity index (χ1) is 12.8. The summed E-state index contributed by atoms with van der Waals surface area (Å²) in [7, 11) is 1.78. The van der Waals surface area contributed by atoms with Crippen LogP contribution in [0.2, 0.25) is 0 Å². The highest BCUT2D eigenvalue weighted by atomic mass is 16.2. The SMILES string of the molecule is Cc1cccc(NC(=O)CN(C)CC(=O)N(c2ccccc2)C(C)C)c1C. The molecule has 144 valence electrons. The molecular formula is C22H29N3O2. The molecule has 2 rings (SSSR count). The number of hydrogen-bond donors (Lipinski definition) is 1. The predicted molar refractivity (Wildman–Crippen MR) is 111 cm³/mol. The molecule has 1 N–H and O–H groups in total. The van der Waals surface area contributed by atoms with Crippen LogP contribution in [0.4, 0.5) is 11.4 Å². The summed E-state index contributed by atoms with van der Waals surface area (Å²) >= 11 is 0. The molecule has 0 unspecified atom stereocenters. The van der Waals surface area contributed by atoms with Gasteiger partial charge in [-0.05, 0) is 64.1 Å². The van der Waals surface area contributed by atoms with Crippen molar-refractivity contribution in [3.63, 3.8) is 0 Å². The molecule has 0 saturated heterocycles. The van der Waals surface area contributed by atoms with E-state index in [1.165, 1.54) is 0 Å². The Morgan fingerprint density at radius 2 is 1.63 bits per heavy atom. The van der Waals surface area contributed by atoms with Gasteiger partial charge in [-0.3, -0.25) is 14.5 Å². The molecule has 0 spiro atoms. The second kappa shape index (κ2) is 9.33. The minimum atomic E-state index is -0.130. The van der Waals surface area contributed by atoms with Gasteiger partial charge in [-0.2, -0.15) is 0 Å². The largest absolute Gasteiger partial charge is 0.325 e. The van der Waals surface area contributed by atoms with E-state index in [0.717, 1.165) is 22.5 Å². The Balaban J connectivity index is 1.97. The number of hydrogen-bond acceptors (Lipinski definition) is 3. The van der Waals surface area contributed by atoms with Gasteiger partial charge in [-0.25, -0.2) is 0 Å². The number of nitrogens with one attached hydrogen (secondary N) is 1. The van der Waals surface area contributed by atoms with Crippen molar-refractivity contribution in [1.82, 2.24) is 4.90 Å². The van der Waals surface area contributed by atoms with Gasteiger partial charge < -0.3 is 10.2 Å². The Kier molecular flexibility index (Phi) is 7.13. The van der Waals surface area contributed by atoms with Crippen molar-refractivity contribution in [3.8, 4) is 0 Å². The van der Waals surface area contributed by atoms with Gasteiger partial charge >= 0.3 is 0 Å². The summed E-state index contributed by atoms with van der Waals surface area (Å²) in [6.07, 6.45) is 0. The van der Waals surface area contributed by atoms with E-state index in [-0.39, 0.29) is 30.9 Å². The monoisotopic (exact) mass is 367 g/mol. The zero-order valence-electron chi connectivity index (χ0n) is 16.8. The topological polar surface area (TPSA) is 52.7 Å². The van der Waals surface area contributed by atoms with Crippen LogP contribution in [0.1, 0.15) is 25.0 Å². The summed E-state index contributed by atoms with van der Waals surface area (Å²) < 4.78 is 0. The Morgan fingerprint density at radius 3 is 2.26 bits per heavy atom. The molecule has 2 amide bonds. The highest BCUT2D eigenvalue weighted by Gasteiger charge is 2.21. The van der Waals surface area contributed by atoms with Gasteiger partial charge in [0.25, 0.3) is 0 Å². The number of anilines is 2. The molecule has 0 aliphatic heterocycles. The lowest BCUT2D eigenvalue weighted by Crippen LogP contribution is -2.44. The quantitative estimate of drug-likeness (QED) is 0.813. The van der Waals surface area contributed by atoms with Gasteiger partial charge in [0.15, 0.2) is 0 Å². The molecule has 0 aromatic heterocycles. The minimum Gasteiger partial charge on any atom is -0.325 e. The third-order valence-corrected chi connectivity index (χ3v) is 4.52. The first kappa shape index (κ1) is 20.6. The fourth-order valence-corrected chi connectivity index (χ4v) is 3.00. The van der Waals surface area contributed by atoms with E-state index < -0.39 is 0 Å². The molecule has 0 atom stereocenters. The van der Waals surface area contributed by atoms with Crippen LogP contribution in [0.3, 0.4) is 0 Å². The van der Waals surface area contributed by atoms with Crippen molar-refractivity contribution in [2.75, 3.05) is 30.4 Å². The van der Waals surface area contributed by atoms with Crippen molar-refractivity contribution in [1.29, 1.82) is 0 Å². The molecule has 0 aliphatic rings. The lowest BCUT2D eigenvalue weighted by molar-refractivity contribution is -0.121. The number of carbonyl (C=O) groups excluding carboxylic acids is 2. The van der Waals surface area contributed by atoms with E-state index in [9.17, 15) is 9.59 Å². The highest BCUT2D eigenvalue weighted by molar-refractivity contribution is 5.96. The average Bonchev–Trinajstić information content (AvgIpc) is 2.59. The number of amides is 2. The molecule has 0 saturated carbocycles. The van der Waals surface area contributed by atoms with Gasteiger partial charge in [-0.1, -0.05) is 30.3 Å². The van der Waals surface area contributed by atoms with Crippen molar-refractivity contribution in [2.45, 2.75) is 33.7 Å². The number of nitrogens with zero attached hydrogens (tertiary/aromatic N) is 2. The van der Waals surface area contributed by atoms with Crippen LogP contribution in [-0.2, 0) is 9.59 Å². The Morgan fingerprint density at radius 1 is 0.963 bits per heavy atom. The molecule has 0 aliphatic carbocycles. The minimum absolute atomic E-state index is 0.0294. The number of aryl methyl sites for hydroxylation is 1. The second-order valence-corrected chi connectivity index (χ2v) is 7.16. The lowest BCUT2D eigenvalue weighted by Gasteiger charge is -2.29. The summed E-state index contributed by atoms with van der Waals surface area (Å²) in [4.78, 5) is 28.7. The number of para-hydroxylation sites is 1. The third kappa shape index (κ3) is 5.66. The van der Waals surface area contributed by atoms with Crippen LogP contribution >= 0.6 is 0 Å². The van der Waals surface area contributed by atoms with E-state index >= 15 is 0 Å². The van der Waals surface area contributed by atoms with E-state index in [1.807, 2.05) is 76.2 Å². The maximum Gasteiger partial charge on any atom is 0.241 e. The molecular weight excluding hydrogens is 338 g/mol. The van der Waals surface area contributed by atoms with Crippen LogP contribution < -0.4 is 10.2 Å². The Bertz CT molecular complexity index is 787. The normalized spacial score (nSPS) is 10.9. The standard InChI is InChI=1S/C22H29N3O2/c1-16(2)25(19-11-7-6-8-12-19)22(27)15-24(5)14-21(26)23-20-13-9-10-17(3)18(20)4/h6-13,16H,14-15H2,1-5H3,(H,23,26). The Labute approximate surface area is 162 Å². The van der Waals surface area contributed by atoms with E-state index in [4.69, 9.17) is 0 Å². The van der Waals surface area contributed by atoms with Gasteiger partial charge in [0.1, 0.15) is 0 Å². The molecule has 2 aromatic rings. The molecule has 0 bridgehead atoms. The molecule has 5 heteroatoms. The van der Waals surface area contributed by atoms with Crippen molar-refractivity contribution in [3.05, 3.63) is 59.7 Å². The average molecular weight is 367 g/mol. The van der Waals surface area contributed by atoms with Crippen LogP contribution in [0.25, 0.3) is 0 Å². The smallest absolute Gasteiger partial charge is 0.241 e. The Hall–Kier alpha value is -2.66. The molecule has 0 radical (unpaired) electrons. The van der Waals surface area contributed by atoms with Crippen molar-refractivity contribution >= 4 is 23.2 Å². The van der Waals surface area contributed by atoms with Crippen LogP contribution in [-0.4, -0.2) is 42.9 Å². The number of likely N-dealkylation sites (N-methyl/N-ethyl adjacent to an activating group) is 1.